The molecule has 0 rings (SSSR count). The molecule has 1 atom stereocenters. The zero-order chi connectivity index (χ0) is 13.3. The van der Waals surface area contributed by atoms with E-state index < -0.39 is 0 Å². The minimum atomic E-state index is -0.208. The number of nitrogens with one attached hydrogen (secondary N) is 1. The zero-order valence-electron chi connectivity index (χ0n) is 12.1. The number of ether oxygens (including phenoxy) is 1. The molecule has 0 bridgehead atoms. The van der Waals surface area contributed by atoms with Crippen LogP contribution in [-0.4, -0.2) is 25.2 Å². The Morgan fingerprint density at radius 1 is 1.29 bits per heavy atom. The Balaban J connectivity index is 3.87. The largest absolute Gasteiger partial charge is 0.465 e. The Morgan fingerprint density at radius 2 is 1.94 bits per heavy atom. The summed E-state index contributed by atoms with van der Waals surface area (Å²) in [5.41, 5.74) is 0.246. The van der Waals surface area contributed by atoms with Gasteiger partial charge in [-0.25, -0.2) is 0 Å². The average molecular weight is 243 g/mol. The van der Waals surface area contributed by atoms with Crippen LogP contribution in [0.5, 0.6) is 0 Å². The molecule has 1 N–H and O–H groups in total. The summed E-state index contributed by atoms with van der Waals surface area (Å²) in [6, 6.07) is -0.208. The summed E-state index contributed by atoms with van der Waals surface area (Å²) >= 11 is 0. The summed E-state index contributed by atoms with van der Waals surface area (Å²) in [6.07, 6.45) is 5.00. The monoisotopic (exact) mass is 243 g/mol. The van der Waals surface area contributed by atoms with Gasteiger partial charge in [-0.3, -0.25) is 4.79 Å². The molecule has 0 saturated carbocycles. The lowest BCUT2D eigenvalue weighted by molar-refractivity contribution is -0.145. The Hall–Kier alpha value is -0.570. The minimum absolute atomic E-state index is 0.156. The van der Waals surface area contributed by atoms with Crippen molar-refractivity contribution in [2.24, 2.45) is 5.41 Å². The molecule has 0 amide bonds. The molecule has 3 heteroatoms. The van der Waals surface area contributed by atoms with Crippen LogP contribution in [0.1, 0.15) is 60.3 Å². The molecule has 0 aromatic carbocycles. The summed E-state index contributed by atoms with van der Waals surface area (Å²) in [6.45, 7) is 11.7. The molecule has 102 valence electrons. The fraction of sp³-hybridized carbons (Fsp3) is 0.929. The van der Waals surface area contributed by atoms with Gasteiger partial charge in [-0.2, -0.15) is 0 Å². The van der Waals surface area contributed by atoms with Gasteiger partial charge in [-0.05, 0) is 25.7 Å². The van der Waals surface area contributed by atoms with Crippen LogP contribution in [-0.2, 0) is 9.53 Å². The van der Waals surface area contributed by atoms with E-state index in [9.17, 15) is 4.79 Å². The number of rotatable bonds is 9. The minimum Gasteiger partial charge on any atom is -0.465 e. The van der Waals surface area contributed by atoms with Crippen molar-refractivity contribution in [2.45, 2.75) is 66.3 Å². The maximum Gasteiger partial charge on any atom is 0.322 e. The molecule has 0 aliphatic heterocycles. The normalized spacial score (nSPS) is 13.5. The van der Waals surface area contributed by atoms with Gasteiger partial charge >= 0.3 is 5.97 Å². The SMILES string of the molecule is CCCCCC(C)(C)CNC(C)C(=O)OCC. The summed E-state index contributed by atoms with van der Waals surface area (Å²) < 4.78 is 4.97. The molecule has 0 heterocycles. The van der Waals surface area contributed by atoms with Gasteiger partial charge in [0.15, 0.2) is 0 Å². The number of hydrogen-bond acceptors (Lipinski definition) is 3. The van der Waals surface area contributed by atoms with Gasteiger partial charge in [-0.15, -0.1) is 0 Å². The molecule has 0 aromatic rings. The Bertz CT molecular complexity index is 214. The number of unbranched alkanes of at least 4 members (excludes halogenated alkanes) is 2. The second kappa shape index (κ2) is 8.51. The lowest BCUT2D eigenvalue weighted by atomic mass is 9.86. The van der Waals surface area contributed by atoms with Crippen LogP contribution in [0.4, 0.5) is 0 Å². The van der Waals surface area contributed by atoms with E-state index in [2.05, 4.69) is 26.1 Å². The topological polar surface area (TPSA) is 38.3 Å². The van der Waals surface area contributed by atoms with Crippen LogP contribution in [0, 0.1) is 5.41 Å². The van der Waals surface area contributed by atoms with E-state index in [4.69, 9.17) is 4.74 Å². The van der Waals surface area contributed by atoms with Gasteiger partial charge in [0.1, 0.15) is 6.04 Å². The van der Waals surface area contributed by atoms with E-state index in [1.807, 2.05) is 13.8 Å². The summed E-state index contributed by atoms with van der Waals surface area (Å²) in [4.78, 5) is 11.4. The molecule has 0 radical (unpaired) electrons. The van der Waals surface area contributed by atoms with Gasteiger partial charge in [0, 0.05) is 6.54 Å². The third-order valence-corrected chi connectivity index (χ3v) is 2.98. The van der Waals surface area contributed by atoms with Crippen molar-refractivity contribution in [3.05, 3.63) is 0 Å². The van der Waals surface area contributed by atoms with Gasteiger partial charge in [0.05, 0.1) is 6.61 Å². The molecular formula is C14H29NO2. The highest BCUT2D eigenvalue weighted by Gasteiger charge is 2.20. The number of carbonyl (C=O) groups is 1. The quantitative estimate of drug-likeness (QED) is 0.499. The molecule has 0 aliphatic rings. The van der Waals surface area contributed by atoms with Crippen LogP contribution < -0.4 is 5.32 Å². The highest BCUT2D eigenvalue weighted by molar-refractivity contribution is 5.75. The van der Waals surface area contributed by atoms with E-state index in [0.29, 0.717) is 6.61 Å². The van der Waals surface area contributed by atoms with E-state index in [1.54, 1.807) is 0 Å². The van der Waals surface area contributed by atoms with Crippen molar-refractivity contribution in [3.63, 3.8) is 0 Å². The molecule has 3 nitrogen and oxygen atoms in total. The lowest BCUT2D eigenvalue weighted by Gasteiger charge is -2.26. The first-order chi connectivity index (χ1) is 7.93. The average Bonchev–Trinajstić information content (AvgIpc) is 2.26. The summed E-state index contributed by atoms with van der Waals surface area (Å²) in [5, 5.41) is 3.26. The predicted molar refractivity (Wildman–Crippen MR) is 72.0 cm³/mol. The summed E-state index contributed by atoms with van der Waals surface area (Å²) in [5.74, 6) is -0.156. The van der Waals surface area contributed by atoms with Crippen molar-refractivity contribution in [3.8, 4) is 0 Å². The van der Waals surface area contributed by atoms with Crippen LogP contribution in [0.15, 0.2) is 0 Å². The molecule has 1 unspecified atom stereocenters. The van der Waals surface area contributed by atoms with Gasteiger partial charge in [0.2, 0.25) is 0 Å². The summed E-state index contributed by atoms with van der Waals surface area (Å²) in [7, 11) is 0. The van der Waals surface area contributed by atoms with Crippen LogP contribution in [0.2, 0.25) is 0 Å². The van der Waals surface area contributed by atoms with Crippen molar-refractivity contribution in [2.75, 3.05) is 13.2 Å². The second-order valence-corrected chi connectivity index (χ2v) is 5.48. The van der Waals surface area contributed by atoms with Crippen molar-refractivity contribution < 1.29 is 9.53 Å². The van der Waals surface area contributed by atoms with Crippen LogP contribution in [0.3, 0.4) is 0 Å². The van der Waals surface area contributed by atoms with Crippen LogP contribution >= 0.6 is 0 Å². The standard InChI is InChI=1S/C14H29NO2/c1-6-8-9-10-14(4,5)11-15-12(3)13(16)17-7-2/h12,15H,6-11H2,1-5H3. The molecular weight excluding hydrogens is 214 g/mol. The first-order valence-corrected chi connectivity index (χ1v) is 6.83. The first-order valence-electron chi connectivity index (χ1n) is 6.83. The van der Waals surface area contributed by atoms with Crippen LogP contribution in [0.25, 0.3) is 0 Å². The molecule has 0 fully saturated rings. The Labute approximate surface area is 106 Å². The molecule has 0 aliphatic carbocycles. The Kier molecular flexibility index (Phi) is 8.23. The number of hydrogen-bond donors (Lipinski definition) is 1. The molecule has 17 heavy (non-hydrogen) atoms. The second-order valence-electron chi connectivity index (χ2n) is 5.48. The highest BCUT2D eigenvalue weighted by atomic mass is 16.5. The van der Waals surface area contributed by atoms with E-state index in [0.717, 1.165) is 6.54 Å². The van der Waals surface area contributed by atoms with Crippen molar-refractivity contribution in [1.29, 1.82) is 0 Å². The van der Waals surface area contributed by atoms with E-state index in [1.165, 1.54) is 25.7 Å². The maximum atomic E-state index is 11.4. The molecule has 0 saturated heterocycles. The van der Waals surface area contributed by atoms with Crippen molar-refractivity contribution >= 4 is 5.97 Å². The van der Waals surface area contributed by atoms with E-state index in [-0.39, 0.29) is 17.4 Å². The predicted octanol–water partition coefficient (Wildman–Crippen LogP) is 3.13. The first kappa shape index (κ1) is 16.4. The number of carbonyl (C=O) groups excluding carboxylic acids is 1. The fourth-order valence-corrected chi connectivity index (χ4v) is 1.72. The highest BCUT2D eigenvalue weighted by Crippen LogP contribution is 2.22. The fourth-order valence-electron chi connectivity index (χ4n) is 1.72. The maximum absolute atomic E-state index is 11.4. The van der Waals surface area contributed by atoms with Gasteiger partial charge in [-0.1, -0.05) is 40.0 Å². The van der Waals surface area contributed by atoms with Gasteiger partial charge in [0.25, 0.3) is 0 Å². The Morgan fingerprint density at radius 3 is 2.47 bits per heavy atom. The molecule has 0 aromatic heterocycles. The third kappa shape index (κ3) is 8.19. The smallest absolute Gasteiger partial charge is 0.322 e. The lowest BCUT2D eigenvalue weighted by Crippen LogP contribution is -2.40. The number of esters is 1. The van der Waals surface area contributed by atoms with E-state index >= 15 is 0 Å². The molecule has 0 spiro atoms. The van der Waals surface area contributed by atoms with Crippen molar-refractivity contribution in [1.82, 2.24) is 5.32 Å². The van der Waals surface area contributed by atoms with Gasteiger partial charge < -0.3 is 10.1 Å². The third-order valence-electron chi connectivity index (χ3n) is 2.98. The zero-order valence-corrected chi connectivity index (χ0v) is 12.1.